The largest absolute Gasteiger partial charge is 0.394 e. The van der Waals surface area contributed by atoms with Gasteiger partial charge in [0.15, 0.2) is 0 Å². The van der Waals surface area contributed by atoms with E-state index in [0.29, 0.717) is 6.42 Å². The maximum absolute atomic E-state index is 12.1. The zero-order valence-electron chi connectivity index (χ0n) is 20.8. The van der Waals surface area contributed by atoms with Crippen LogP contribution in [0, 0.1) is 0 Å². The number of allylic oxidation sites excluding steroid dienone is 1. The van der Waals surface area contributed by atoms with Crippen LogP contribution in [0.1, 0.15) is 136 Å². The molecule has 0 aliphatic heterocycles. The Balaban J connectivity index is 3.68. The Morgan fingerprint density at radius 1 is 0.742 bits per heavy atom. The van der Waals surface area contributed by atoms with Crippen LogP contribution in [-0.4, -0.2) is 34.9 Å². The number of rotatable bonds is 23. The molecule has 0 aromatic carbocycles. The molecule has 0 aliphatic carbocycles. The zero-order chi connectivity index (χ0) is 23.0. The Morgan fingerprint density at radius 3 is 1.68 bits per heavy atom. The first-order valence-electron chi connectivity index (χ1n) is 13.4. The van der Waals surface area contributed by atoms with Gasteiger partial charge in [-0.25, -0.2) is 0 Å². The number of aliphatic hydroxyl groups is 2. The molecule has 0 bridgehead atoms. The summed E-state index contributed by atoms with van der Waals surface area (Å²) in [6.07, 6.45) is 25.7. The SMILES string of the molecule is CCCCCCC/C=C/C(O)C(CO)NC(=O)CCCCCCCCCCCCCC. The number of aliphatic hydroxyl groups excluding tert-OH is 2. The van der Waals surface area contributed by atoms with E-state index < -0.39 is 12.1 Å². The van der Waals surface area contributed by atoms with Gasteiger partial charge in [0.2, 0.25) is 5.91 Å². The van der Waals surface area contributed by atoms with Crippen molar-refractivity contribution in [3.05, 3.63) is 12.2 Å². The average Bonchev–Trinajstić information content (AvgIpc) is 2.77. The minimum absolute atomic E-state index is 0.0712. The smallest absolute Gasteiger partial charge is 0.220 e. The monoisotopic (exact) mass is 439 g/mol. The fourth-order valence-electron chi connectivity index (χ4n) is 3.88. The van der Waals surface area contributed by atoms with Crippen LogP contribution in [0.2, 0.25) is 0 Å². The van der Waals surface area contributed by atoms with Gasteiger partial charge in [0.25, 0.3) is 0 Å². The Labute approximate surface area is 193 Å². The van der Waals surface area contributed by atoms with E-state index in [4.69, 9.17) is 0 Å². The van der Waals surface area contributed by atoms with E-state index in [1.54, 1.807) is 6.08 Å². The Bertz CT molecular complexity index is 411. The Morgan fingerprint density at radius 2 is 1.19 bits per heavy atom. The van der Waals surface area contributed by atoms with Gasteiger partial charge in [0.1, 0.15) is 0 Å². The quantitative estimate of drug-likeness (QED) is 0.121. The number of unbranched alkanes of at least 4 members (excludes halogenated alkanes) is 16. The van der Waals surface area contributed by atoms with Crippen molar-refractivity contribution in [2.75, 3.05) is 6.61 Å². The van der Waals surface area contributed by atoms with Crippen LogP contribution in [0.25, 0.3) is 0 Å². The lowest BCUT2D eigenvalue weighted by Crippen LogP contribution is -2.45. The summed E-state index contributed by atoms with van der Waals surface area (Å²) in [5.41, 5.74) is 0. The van der Waals surface area contributed by atoms with Crippen molar-refractivity contribution in [2.24, 2.45) is 0 Å². The lowest BCUT2D eigenvalue weighted by molar-refractivity contribution is -0.123. The number of hydrogen-bond donors (Lipinski definition) is 3. The molecular weight excluding hydrogens is 386 g/mol. The molecule has 2 unspecified atom stereocenters. The highest BCUT2D eigenvalue weighted by Crippen LogP contribution is 2.12. The second-order valence-corrected chi connectivity index (χ2v) is 9.12. The summed E-state index contributed by atoms with van der Waals surface area (Å²) in [6.45, 7) is 4.22. The van der Waals surface area contributed by atoms with Crippen molar-refractivity contribution in [3.63, 3.8) is 0 Å². The van der Waals surface area contributed by atoms with Gasteiger partial charge in [-0.1, -0.05) is 122 Å². The van der Waals surface area contributed by atoms with Gasteiger partial charge in [-0.15, -0.1) is 0 Å². The highest BCUT2D eigenvalue weighted by atomic mass is 16.3. The third kappa shape index (κ3) is 20.8. The standard InChI is InChI=1S/C27H53NO3/c1-3-5-7-9-11-12-13-14-15-17-19-21-23-27(31)28-25(24-29)26(30)22-20-18-16-10-8-6-4-2/h20,22,25-26,29-30H,3-19,21,23-24H2,1-2H3,(H,28,31)/b22-20+. The van der Waals surface area contributed by atoms with Gasteiger partial charge >= 0.3 is 0 Å². The number of nitrogens with one attached hydrogen (secondary N) is 1. The van der Waals surface area contributed by atoms with Gasteiger partial charge < -0.3 is 15.5 Å². The fourth-order valence-corrected chi connectivity index (χ4v) is 3.88. The van der Waals surface area contributed by atoms with Crippen molar-refractivity contribution >= 4 is 5.91 Å². The summed E-state index contributed by atoms with van der Waals surface area (Å²) in [6, 6.07) is -0.610. The molecule has 0 saturated heterocycles. The van der Waals surface area contributed by atoms with Crippen LogP contribution in [-0.2, 0) is 4.79 Å². The third-order valence-corrected chi connectivity index (χ3v) is 6.02. The van der Waals surface area contributed by atoms with Crippen molar-refractivity contribution in [2.45, 2.75) is 148 Å². The van der Waals surface area contributed by atoms with Crippen LogP contribution in [0.3, 0.4) is 0 Å². The molecule has 3 N–H and O–H groups in total. The van der Waals surface area contributed by atoms with E-state index in [-0.39, 0.29) is 12.5 Å². The minimum Gasteiger partial charge on any atom is -0.394 e. The molecule has 0 aromatic heterocycles. The zero-order valence-corrected chi connectivity index (χ0v) is 20.8. The fraction of sp³-hybridized carbons (Fsp3) is 0.889. The summed E-state index contributed by atoms with van der Waals surface area (Å²) < 4.78 is 0. The van der Waals surface area contributed by atoms with Crippen LogP contribution in [0.5, 0.6) is 0 Å². The van der Waals surface area contributed by atoms with Crippen LogP contribution in [0.4, 0.5) is 0 Å². The molecular formula is C27H53NO3. The first kappa shape index (κ1) is 30.1. The van der Waals surface area contributed by atoms with Gasteiger partial charge in [0.05, 0.1) is 18.8 Å². The van der Waals surface area contributed by atoms with Gasteiger partial charge in [0, 0.05) is 6.42 Å². The van der Waals surface area contributed by atoms with Crippen LogP contribution in [0.15, 0.2) is 12.2 Å². The maximum atomic E-state index is 12.1. The molecule has 31 heavy (non-hydrogen) atoms. The number of carbonyl (C=O) groups excluding carboxylic acids is 1. The lowest BCUT2D eigenvalue weighted by atomic mass is 10.0. The molecule has 0 aromatic rings. The van der Waals surface area contributed by atoms with Crippen molar-refractivity contribution in [1.29, 1.82) is 0 Å². The molecule has 1 amide bonds. The molecule has 0 saturated carbocycles. The molecule has 2 atom stereocenters. The van der Waals surface area contributed by atoms with Crippen LogP contribution >= 0.6 is 0 Å². The lowest BCUT2D eigenvalue weighted by Gasteiger charge is -2.20. The predicted molar refractivity (Wildman–Crippen MR) is 133 cm³/mol. The Hall–Kier alpha value is -0.870. The molecule has 184 valence electrons. The Kier molecular flexibility index (Phi) is 23.1. The summed E-state index contributed by atoms with van der Waals surface area (Å²) in [5, 5.41) is 22.5. The van der Waals surface area contributed by atoms with Crippen LogP contribution < -0.4 is 5.32 Å². The first-order chi connectivity index (χ1) is 15.2. The van der Waals surface area contributed by atoms with Gasteiger partial charge in [-0.3, -0.25) is 4.79 Å². The average molecular weight is 440 g/mol. The number of carbonyl (C=O) groups is 1. The summed E-state index contributed by atoms with van der Waals surface area (Å²) in [5.74, 6) is -0.0712. The second-order valence-electron chi connectivity index (χ2n) is 9.12. The number of amides is 1. The van der Waals surface area contributed by atoms with Gasteiger partial charge in [-0.05, 0) is 19.3 Å². The molecule has 0 radical (unpaired) electrons. The maximum Gasteiger partial charge on any atom is 0.220 e. The summed E-state index contributed by atoms with van der Waals surface area (Å²) in [7, 11) is 0. The van der Waals surface area contributed by atoms with E-state index >= 15 is 0 Å². The summed E-state index contributed by atoms with van der Waals surface area (Å²) >= 11 is 0. The van der Waals surface area contributed by atoms with E-state index in [9.17, 15) is 15.0 Å². The topological polar surface area (TPSA) is 69.6 Å². The second kappa shape index (κ2) is 23.8. The molecule has 0 aliphatic rings. The molecule has 4 heteroatoms. The van der Waals surface area contributed by atoms with Crippen molar-refractivity contribution in [3.8, 4) is 0 Å². The van der Waals surface area contributed by atoms with Crippen molar-refractivity contribution < 1.29 is 15.0 Å². The van der Waals surface area contributed by atoms with E-state index in [0.717, 1.165) is 25.7 Å². The van der Waals surface area contributed by atoms with E-state index in [1.165, 1.54) is 89.9 Å². The van der Waals surface area contributed by atoms with Gasteiger partial charge in [-0.2, -0.15) is 0 Å². The predicted octanol–water partition coefficient (Wildman–Crippen LogP) is 6.83. The highest BCUT2D eigenvalue weighted by Gasteiger charge is 2.17. The molecule has 0 heterocycles. The van der Waals surface area contributed by atoms with E-state index in [2.05, 4.69) is 19.2 Å². The highest BCUT2D eigenvalue weighted by molar-refractivity contribution is 5.76. The molecule has 0 rings (SSSR count). The normalized spacial score (nSPS) is 13.5. The molecule has 0 fully saturated rings. The third-order valence-electron chi connectivity index (χ3n) is 6.02. The first-order valence-corrected chi connectivity index (χ1v) is 13.4. The number of hydrogen-bond acceptors (Lipinski definition) is 3. The summed E-state index contributed by atoms with van der Waals surface area (Å²) in [4.78, 5) is 12.1. The van der Waals surface area contributed by atoms with E-state index in [1.807, 2.05) is 6.08 Å². The molecule has 4 nitrogen and oxygen atoms in total. The van der Waals surface area contributed by atoms with Crippen molar-refractivity contribution in [1.82, 2.24) is 5.32 Å². The molecule has 0 spiro atoms. The minimum atomic E-state index is -0.827.